The molecule has 7 aliphatic rings. The van der Waals surface area contributed by atoms with E-state index in [2.05, 4.69) is 31.7 Å². The minimum Gasteiger partial charge on any atom is -0.504 e. The topological polar surface area (TPSA) is 73.2 Å². The Morgan fingerprint density at radius 2 is 1.88 bits per heavy atom. The second kappa shape index (κ2) is 5.91. The number of phenols is 1. The van der Waals surface area contributed by atoms with Gasteiger partial charge < -0.3 is 20.1 Å². The van der Waals surface area contributed by atoms with Gasteiger partial charge in [0.25, 0.3) is 0 Å². The van der Waals surface area contributed by atoms with Crippen molar-refractivity contribution >= 4 is 0 Å². The Kier molecular flexibility index (Phi) is 3.76. The first-order valence-corrected chi connectivity index (χ1v) is 13.2. The molecule has 2 aliphatic heterocycles. The summed E-state index contributed by atoms with van der Waals surface area (Å²) in [5.41, 5.74) is -0.323. The molecule has 7 atom stereocenters. The van der Waals surface area contributed by atoms with Crippen LogP contribution in [0.5, 0.6) is 11.5 Å². The summed E-state index contributed by atoms with van der Waals surface area (Å²) < 4.78 is 6.68. The largest absolute Gasteiger partial charge is 0.504 e. The Labute approximate surface area is 197 Å². The molecule has 8 rings (SSSR count). The van der Waals surface area contributed by atoms with Crippen molar-refractivity contribution in [3.63, 3.8) is 0 Å². The van der Waals surface area contributed by atoms with E-state index in [1.165, 1.54) is 30.5 Å². The minimum absolute atomic E-state index is 0.0404. The zero-order valence-electron chi connectivity index (χ0n) is 20.5. The third kappa shape index (κ3) is 2.22. The number of ether oxygens (including phenoxy) is 1. The van der Waals surface area contributed by atoms with Crippen molar-refractivity contribution in [2.75, 3.05) is 13.1 Å². The summed E-state index contributed by atoms with van der Waals surface area (Å²) in [4.78, 5) is 2.77. The third-order valence-corrected chi connectivity index (χ3v) is 11.5. The quantitative estimate of drug-likeness (QED) is 0.650. The summed E-state index contributed by atoms with van der Waals surface area (Å²) in [5.74, 6) is 1.39. The summed E-state index contributed by atoms with van der Waals surface area (Å²) in [6, 6.07) is 4.30. The maximum atomic E-state index is 12.5. The van der Waals surface area contributed by atoms with Crippen molar-refractivity contribution in [3.05, 3.63) is 23.3 Å². The number of aromatic hydroxyl groups is 1. The van der Waals surface area contributed by atoms with Gasteiger partial charge in [0.2, 0.25) is 0 Å². The molecule has 180 valence electrons. The highest BCUT2D eigenvalue weighted by Gasteiger charge is 2.81. The van der Waals surface area contributed by atoms with Gasteiger partial charge in [-0.1, -0.05) is 26.8 Å². The van der Waals surface area contributed by atoms with E-state index in [-0.39, 0.29) is 27.9 Å². The lowest BCUT2D eigenvalue weighted by molar-refractivity contribution is -0.305. The molecule has 0 radical (unpaired) electrons. The molecule has 1 aromatic rings. The average molecular weight is 454 g/mol. The summed E-state index contributed by atoms with van der Waals surface area (Å²) in [6.07, 6.45) is 6.71. The van der Waals surface area contributed by atoms with Crippen molar-refractivity contribution in [1.29, 1.82) is 0 Å². The van der Waals surface area contributed by atoms with E-state index < -0.39 is 17.3 Å². The van der Waals surface area contributed by atoms with Crippen LogP contribution in [0, 0.1) is 22.7 Å². The summed E-state index contributed by atoms with van der Waals surface area (Å²) in [5, 5.41) is 35.3. The second-order valence-corrected chi connectivity index (χ2v) is 13.6. The number of phenolic OH excluding ortho intramolecular Hbond substituents is 1. The summed E-state index contributed by atoms with van der Waals surface area (Å²) in [6.45, 7) is 10.4. The van der Waals surface area contributed by atoms with Crippen LogP contribution in [0.3, 0.4) is 0 Å². The average Bonchev–Trinajstić information content (AvgIpc) is 3.48. The van der Waals surface area contributed by atoms with E-state index in [1.807, 2.05) is 6.92 Å². The number of piperidine rings is 1. The molecule has 3 N–H and O–H groups in total. The van der Waals surface area contributed by atoms with Crippen LogP contribution in [0.2, 0.25) is 0 Å². The molecule has 2 spiro atoms. The first kappa shape index (κ1) is 21.0. The summed E-state index contributed by atoms with van der Waals surface area (Å²) in [7, 11) is 0. The van der Waals surface area contributed by atoms with E-state index in [0.29, 0.717) is 18.2 Å². The number of hydrogen-bond donors (Lipinski definition) is 3. The fourth-order valence-electron chi connectivity index (χ4n) is 9.26. The van der Waals surface area contributed by atoms with Gasteiger partial charge >= 0.3 is 0 Å². The van der Waals surface area contributed by atoms with E-state index >= 15 is 0 Å². The Balaban J connectivity index is 1.46. The van der Waals surface area contributed by atoms with Crippen LogP contribution in [-0.4, -0.2) is 56.7 Å². The monoisotopic (exact) mass is 453 g/mol. The van der Waals surface area contributed by atoms with Crippen LogP contribution in [0.4, 0.5) is 0 Å². The van der Waals surface area contributed by atoms with Crippen molar-refractivity contribution in [3.8, 4) is 11.5 Å². The number of rotatable bonds is 3. The molecular weight excluding hydrogens is 414 g/mol. The predicted molar refractivity (Wildman–Crippen MR) is 125 cm³/mol. The van der Waals surface area contributed by atoms with Gasteiger partial charge in [0.15, 0.2) is 11.5 Å². The first-order valence-electron chi connectivity index (χ1n) is 13.2. The number of nitrogens with zero attached hydrogens (tertiary/aromatic N) is 1. The van der Waals surface area contributed by atoms with Gasteiger partial charge in [-0.25, -0.2) is 0 Å². The summed E-state index contributed by atoms with van der Waals surface area (Å²) >= 11 is 0. The highest BCUT2D eigenvalue weighted by Crippen LogP contribution is 2.77. The smallest absolute Gasteiger partial charge is 0.165 e. The molecule has 5 fully saturated rings. The van der Waals surface area contributed by atoms with Gasteiger partial charge in [-0.05, 0) is 81.4 Å². The van der Waals surface area contributed by atoms with E-state index in [0.717, 1.165) is 38.1 Å². The van der Waals surface area contributed by atoms with Crippen LogP contribution in [0.1, 0.15) is 77.3 Å². The van der Waals surface area contributed by atoms with Gasteiger partial charge in [0.05, 0.1) is 5.60 Å². The van der Waals surface area contributed by atoms with E-state index in [4.69, 9.17) is 4.74 Å². The fourth-order valence-corrected chi connectivity index (χ4v) is 9.26. The van der Waals surface area contributed by atoms with E-state index in [9.17, 15) is 15.3 Å². The van der Waals surface area contributed by atoms with Gasteiger partial charge in [-0.2, -0.15) is 0 Å². The number of benzene rings is 1. The number of hydrogen-bond acceptors (Lipinski definition) is 5. The molecule has 33 heavy (non-hydrogen) atoms. The van der Waals surface area contributed by atoms with Gasteiger partial charge in [0, 0.05) is 34.9 Å². The molecule has 1 aromatic carbocycles. The molecule has 4 saturated carbocycles. The van der Waals surface area contributed by atoms with E-state index in [1.54, 1.807) is 6.07 Å². The van der Waals surface area contributed by atoms with Crippen LogP contribution in [0.15, 0.2) is 12.1 Å². The predicted octanol–water partition coefficient (Wildman–Crippen LogP) is 3.76. The normalized spacial score (nSPS) is 44.8. The number of fused-ring (bicyclic) bond motifs is 2. The molecule has 2 heterocycles. The standard InChI is InChI=1S/C28H39NO4/c1-24(2,3)25(4,31)19-14-26-9-10-28(19,32)23-27(26)11-12-29(15-16-5-6-16)20(26)13-17-7-8-18(30)22(33-23)21(17)27/h7-8,16,19-20,23,30-32H,5-6,9-15H2,1-4H3/t19-,20-,23-,25?,26-,27+,28-/m1/s1. The number of likely N-dealkylation sites (tertiary alicyclic amines) is 1. The molecule has 1 unspecified atom stereocenters. The number of aliphatic hydroxyl groups is 2. The minimum atomic E-state index is -1.11. The molecule has 0 aromatic heterocycles. The van der Waals surface area contributed by atoms with Gasteiger partial charge in [-0.3, -0.25) is 4.90 Å². The third-order valence-electron chi connectivity index (χ3n) is 11.5. The first-order chi connectivity index (χ1) is 15.5. The van der Waals surface area contributed by atoms with Crippen LogP contribution in [0.25, 0.3) is 0 Å². The maximum Gasteiger partial charge on any atom is 0.165 e. The van der Waals surface area contributed by atoms with Crippen LogP contribution < -0.4 is 4.74 Å². The van der Waals surface area contributed by atoms with Crippen LogP contribution >= 0.6 is 0 Å². The SMILES string of the molecule is CC(C)(C)C(C)(O)[C@H]1C[C@@]23CC[C@]1(O)[C@@H]1Oc4c(O)ccc5c4[C@@]12CCN(CC1CC1)[C@@H]3C5. The lowest BCUT2D eigenvalue weighted by atomic mass is 9.33. The fraction of sp³-hybridized carbons (Fsp3) is 0.786. The van der Waals surface area contributed by atoms with Crippen molar-refractivity contribution < 1.29 is 20.1 Å². The lowest BCUT2D eigenvalue weighted by Crippen LogP contribution is -2.82. The van der Waals surface area contributed by atoms with Gasteiger partial charge in [0.1, 0.15) is 11.7 Å². The molecule has 0 amide bonds. The molecule has 5 heteroatoms. The van der Waals surface area contributed by atoms with Crippen LogP contribution in [-0.2, 0) is 11.8 Å². The Morgan fingerprint density at radius 1 is 1.12 bits per heavy atom. The highest BCUT2D eigenvalue weighted by atomic mass is 16.5. The van der Waals surface area contributed by atoms with Crippen molar-refractivity contribution in [2.45, 2.75) is 101 Å². The zero-order chi connectivity index (χ0) is 23.2. The molecule has 5 nitrogen and oxygen atoms in total. The second-order valence-electron chi connectivity index (χ2n) is 13.6. The Bertz CT molecular complexity index is 1040. The highest BCUT2D eigenvalue weighted by molar-refractivity contribution is 5.63. The molecular formula is C28H39NO4. The molecule has 4 bridgehead atoms. The Morgan fingerprint density at radius 3 is 2.58 bits per heavy atom. The Hall–Kier alpha value is -1.30. The van der Waals surface area contributed by atoms with Crippen molar-refractivity contribution in [2.24, 2.45) is 22.7 Å². The molecule has 1 saturated heterocycles. The van der Waals surface area contributed by atoms with Crippen molar-refractivity contribution in [1.82, 2.24) is 4.90 Å². The maximum absolute atomic E-state index is 12.5. The molecule has 5 aliphatic carbocycles. The zero-order valence-corrected chi connectivity index (χ0v) is 20.5. The lowest BCUT2D eigenvalue weighted by Gasteiger charge is -2.75. The van der Waals surface area contributed by atoms with Gasteiger partial charge in [-0.15, -0.1) is 0 Å².